The van der Waals surface area contributed by atoms with E-state index in [0.717, 1.165) is 28.9 Å². The molecular formula is C28H23FN2O4S. The molecule has 0 atom stereocenters. The Bertz CT molecular complexity index is 1490. The van der Waals surface area contributed by atoms with Crippen LogP contribution >= 0.6 is 11.3 Å². The molecule has 2 aromatic heterocycles. The van der Waals surface area contributed by atoms with E-state index in [4.69, 9.17) is 4.98 Å². The van der Waals surface area contributed by atoms with E-state index in [1.807, 2.05) is 30.3 Å². The molecule has 2 aliphatic rings. The number of pyridine rings is 1. The molecule has 36 heavy (non-hydrogen) atoms. The van der Waals surface area contributed by atoms with Crippen molar-refractivity contribution in [2.45, 2.75) is 37.5 Å². The van der Waals surface area contributed by atoms with Gasteiger partial charge in [0.2, 0.25) is 0 Å². The van der Waals surface area contributed by atoms with Gasteiger partial charge in [-0.15, -0.1) is 0 Å². The standard InChI is InChI=1S/C28H23FN2O4S/c29-20-13-16(12-17-14-28(15-17,25(32)33)26(34)35)6-7-19(20)23-30-21-8-9-22(31-24(21)36-23)27(10-11-27)18-4-2-1-3-5-18/h1-9,13,17H,10-12,14-15H2,(H,32,33)(H,34,35). The maximum absolute atomic E-state index is 15.1. The predicted molar refractivity (Wildman–Crippen MR) is 133 cm³/mol. The summed E-state index contributed by atoms with van der Waals surface area (Å²) in [5.74, 6) is -3.13. The highest BCUT2D eigenvalue weighted by Crippen LogP contribution is 2.53. The summed E-state index contributed by atoms with van der Waals surface area (Å²) in [5.41, 5.74) is 2.37. The van der Waals surface area contributed by atoms with E-state index in [2.05, 4.69) is 17.1 Å². The van der Waals surface area contributed by atoms with Gasteiger partial charge in [0.1, 0.15) is 21.2 Å². The minimum atomic E-state index is -1.71. The van der Waals surface area contributed by atoms with Gasteiger partial charge in [0.25, 0.3) is 0 Å². The van der Waals surface area contributed by atoms with Crippen molar-refractivity contribution in [1.82, 2.24) is 9.97 Å². The molecule has 0 aliphatic heterocycles. The Labute approximate surface area is 210 Å². The van der Waals surface area contributed by atoms with Crippen LogP contribution in [-0.2, 0) is 21.4 Å². The van der Waals surface area contributed by atoms with Gasteiger partial charge in [-0.3, -0.25) is 9.59 Å². The Morgan fingerprint density at radius 3 is 2.33 bits per heavy atom. The van der Waals surface area contributed by atoms with Gasteiger partial charge in [-0.05, 0) is 73.4 Å². The molecule has 6 nitrogen and oxygen atoms in total. The number of nitrogens with zero attached hydrogens (tertiary/aromatic N) is 2. The van der Waals surface area contributed by atoms with E-state index in [0.29, 0.717) is 22.6 Å². The van der Waals surface area contributed by atoms with E-state index >= 15 is 4.39 Å². The number of hydrogen-bond acceptors (Lipinski definition) is 5. The molecule has 0 saturated heterocycles. The zero-order valence-electron chi connectivity index (χ0n) is 19.3. The molecular weight excluding hydrogens is 479 g/mol. The van der Waals surface area contributed by atoms with Crippen LogP contribution in [0.5, 0.6) is 0 Å². The molecule has 2 N–H and O–H groups in total. The van der Waals surface area contributed by atoms with E-state index in [1.165, 1.54) is 23.0 Å². The number of thiazole rings is 1. The van der Waals surface area contributed by atoms with Crippen molar-refractivity contribution in [1.29, 1.82) is 0 Å². The third-order valence-electron chi connectivity index (χ3n) is 7.70. The van der Waals surface area contributed by atoms with Crippen molar-refractivity contribution >= 4 is 33.6 Å². The topological polar surface area (TPSA) is 100 Å². The van der Waals surface area contributed by atoms with Crippen LogP contribution < -0.4 is 0 Å². The highest BCUT2D eigenvalue weighted by atomic mass is 32.1. The van der Waals surface area contributed by atoms with Gasteiger partial charge in [-0.25, -0.2) is 14.4 Å². The van der Waals surface area contributed by atoms with Crippen molar-refractivity contribution in [2.24, 2.45) is 11.3 Å². The average Bonchev–Trinajstić information content (AvgIpc) is 3.54. The van der Waals surface area contributed by atoms with Gasteiger partial charge in [-0.2, -0.15) is 0 Å². The van der Waals surface area contributed by atoms with Crippen LogP contribution in [0.25, 0.3) is 20.9 Å². The molecule has 8 heteroatoms. The van der Waals surface area contributed by atoms with Crippen LogP contribution in [-0.4, -0.2) is 32.1 Å². The number of hydrogen-bond donors (Lipinski definition) is 2. The normalized spacial score (nSPS) is 18.0. The maximum atomic E-state index is 15.1. The monoisotopic (exact) mass is 502 g/mol. The molecule has 0 bridgehead atoms. The Kier molecular flexibility index (Phi) is 5.19. The Morgan fingerprint density at radius 2 is 1.69 bits per heavy atom. The number of aromatic nitrogens is 2. The summed E-state index contributed by atoms with van der Waals surface area (Å²) < 4.78 is 15.1. The summed E-state index contributed by atoms with van der Waals surface area (Å²) in [5, 5.41) is 19.1. The number of halogens is 1. The van der Waals surface area contributed by atoms with Crippen molar-refractivity contribution in [3.63, 3.8) is 0 Å². The smallest absolute Gasteiger partial charge is 0.321 e. The lowest BCUT2D eigenvalue weighted by Crippen LogP contribution is -2.50. The first-order chi connectivity index (χ1) is 17.3. The Balaban J connectivity index is 1.22. The number of rotatable bonds is 7. The highest BCUT2D eigenvalue weighted by molar-refractivity contribution is 7.21. The van der Waals surface area contributed by atoms with Crippen molar-refractivity contribution in [2.75, 3.05) is 0 Å². The second-order valence-electron chi connectivity index (χ2n) is 9.97. The first-order valence-corrected chi connectivity index (χ1v) is 12.7. The maximum Gasteiger partial charge on any atom is 0.321 e. The summed E-state index contributed by atoms with van der Waals surface area (Å²) in [7, 11) is 0. The van der Waals surface area contributed by atoms with Gasteiger partial charge in [-0.1, -0.05) is 47.7 Å². The lowest BCUT2D eigenvalue weighted by Gasteiger charge is -2.41. The second-order valence-corrected chi connectivity index (χ2v) is 11.0. The number of carboxylic acids is 2. The zero-order chi connectivity index (χ0) is 25.1. The van der Waals surface area contributed by atoms with Crippen LogP contribution in [0.15, 0.2) is 60.7 Å². The highest BCUT2D eigenvalue weighted by Gasteiger charge is 2.56. The van der Waals surface area contributed by atoms with Crippen molar-refractivity contribution < 1.29 is 24.2 Å². The molecule has 0 amide bonds. The average molecular weight is 503 g/mol. The van der Waals surface area contributed by atoms with Gasteiger partial charge in [0.05, 0.1) is 5.69 Å². The van der Waals surface area contributed by atoms with Crippen LogP contribution in [0, 0.1) is 17.2 Å². The van der Waals surface area contributed by atoms with Gasteiger partial charge in [0, 0.05) is 11.0 Å². The molecule has 4 aromatic rings. The molecule has 2 heterocycles. The number of benzene rings is 2. The van der Waals surface area contributed by atoms with Gasteiger partial charge >= 0.3 is 11.9 Å². The Hall–Kier alpha value is -3.65. The quantitative estimate of drug-likeness (QED) is 0.315. The van der Waals surface area contributed by atoms with Crippen LogP contribution in [0.2, 0.25) is 0 Å². The number of carbonyl (C=O) groups is 2. The molecule has 0 radical (unpaired) electrons. The van der Waals surface area contributed by atoms with Crippen LogP contribution in [0.1, 0.15) is 42.5 Å². The molecule has 0 spiro atoms. The molecule has 6 rings (SSSR count). The fraction of sp³-hybridized carbons (Fsp3) is 0.286. The summed E-state index contributed by atoms with van der Waals surface area (Å²) in [6.45, 7) is 0. The van der Waals surface area contributed by atoms with Gasteiger partial charge in [0.15, 0.2) is 5.41 Å². The lowest BCUT2D eigenvalue weighted by atomic mass is 9.60. The molecule has 0 unspecified atom stereocenters. The van der Waals surface area contributed by atoms with Crippen molar-refractivity contribution in [3.8, 4) is 10.6 Å². The van der Waals surface area contributed by atoms with Crippen LogP contribution in [0.4, 0.5) is 4.39 Å². The fourth-order valence-electron chi connectivity index (χ4n) is 5.48. The summed E-state index contributed by atoms with van der Waals surface area (Å²) >= 11 is 1.37. The van der Waals surface area contributed by atoms with Gasteiger partial charge < -0.3 is 10.2 Å². The minimum Gasteiger partial charge on any atom is -0.480 e. The van der Waals surface area contributed by atoms with E-state index in [-0.39, 0.29) is 24.2 Å². The molecule has 2 aliphatic carbocycles. The van der Waals surface area contributed by atoms with E-state index in [1.54, 1.807) is 12.1 Å². The summed E-state index contributed by atoms with van der Waals surface area (Å²) in [6.07, 6.45) is 2.65. The second kappa shape index (κ2) is 8.20. The van der Waals surface area contributed by atoms with Crippen molar-refractivity contribution in [3.05, 3.63) is 83.3 Å². The first-order valence-electron chi connectivity index (χ1n) is 11.9. The number of carboxylic acid groups (broad SMARTS) is 2. The lowest BCUT2D eigenvalue weighted by molar-refractivity contribution is -0.175. The largest absolute Gasteiger partial charge is 0.480 e. The molecule has 182 valence electrons. The fourth-order valence-corrected chi connectivity index (χ4v) is 6.44. The summed E-state index contributed by atoms with van der Waals surface area (Å²) in [4.78, 5) is 33.1. The van der Waals surface area contributed by atoms with Crippen LogP contribution in [0.3, 0.4) is 0 Å². The molecule has 2 fully saturated rings. The number of fused-ring (bicyclic) bond motifs is 1. The summed E-state index contributed by atoms with van der Waals surface area (Å²) in [6, 6.07) is 19.3. The van der Waals surface area contributed by atoms with E-state index < -0.39 is 23.2 Å². The minimum absolute atomic E-state index is 0.0487. The SMILES string of the molecule is O=C(O)C1(C(=O)O)CC(Cc2ccc(-c3nc4ccc(C5(c6ccccc6)CC5)nc4s3)c(F)c2)C1. The Morgan fingerprint density at radius 1 is 0.972 bits per heavy atom. The number of aliphatic carboxylic acids is 2. The van der Waals surface area contributed by atoms with E-state index in [9.17, 15) is 19.8 Å². The zero-order valence-corrected chi connectivity index (χ0v) is 20.1. The third kappa shape index (κ3) is 3.59. The third-order valence-corrected chi connectivity index (χ3v) is 8.70. The molecule has 2 aromatic carbocycles. The molecule has 2 saturated carbocycles. The first kappa shape index (κ1) is 22.8. The predicted octanol–water partition coefficient (Wildman–Crippen LogP) is 5.69.